The fourth-order valence-electron chi connectivity index (χ4n) is 3.12. The van der Waals surface area contributed by atoms with Crippen LogP contribution in [0.1, 0.15) is 23.3 Å². The number of likely N-dealkylation sites (tertiary alicyclic amines) is 1. The number of carbonyl (C=O) groups excluding carboxylic acids is 1. The summed E-state index contributed by atoms with van der Waals surface area (Å²) in [5.41, 5.74) is 8.68. The average molecular weight is 283 g/mol. The van der Waals surface area contributed by atoms with Crippen LogP contribution in [0.2, 0.25) is 0 Å². The van der Waals surface area contributed by atoms with E-state index in [9.17, 15) is 4.79 Å². The van der Waals surface area contributed by atoms with Gasteiger partial charge in [0.25, 0.3) is 5.91 Å². The van der Waals surface area contributed by atoms with Crippen LogP contribution in [-0.2, 0) is 7.05 Å². The van der Waals surface area contributed by atoms with Gasteiger partial charge in [-0.25, -0.2) is 0 Å². The van der Waals surface area contributed by atoms with E-state index >= 15 is 0 Å². The molecule has 0 radical (unpaired) electrons. The fourth-order valence-corrected chi connectivity index (χ4v) is 3.12. The summed E-state index contributed by atoms with van der Waals surface area (Å²) in [6.07, 6.45) is 2.06. The van der Waals surface area contributed by atoms with Crippen LogP contribution in [-0.4, -0.2) is 34.5 Å². The van der Waals surface area contributed by atoms with Gasteiger partial charge in [0.1, 0.15) is 5.69 Å². The number of nitrogens with two attached hydrogens (primary N) is 1. The maximum Gasteiger partial charge on any atom is 0.270 e. The van der Waals surface area contributed by atoms with Gasteiger partial charge in [0.05, 0.1) is 0 Å². The lowest BCUT2D eigenvalue weighted by Crippen LogP contribution is -2.40. The van der Waals surface area contributed by atoms with Gasteiger partial charge in [-0.05, 0) is 30.5 Å². The number of carbonyl (C=O) groups is 1. The van der Waals surface area contributed by atoms with Gasteiger partial charge < -0.3 is 15.2 Å². The molecular formula is C17H21N3O. The van der Waals surface area contributed by atoms with E-state index in [-0.39, 0.29) is 11.9 Å². The number of aromatic nitrogens is 1. The van der Waals surface area contributed by atoms with Crippen molar-refractivity contribution < 1.29 is 4.79 Å². The van der Waals surface area contributed by atoms with E-state index in [4.69, 9.17) is 5.73 Å². The van der Waals surface area contributed by atoms with Gasteiger partial charge in [-0.15, -0.1) is 0 Å². The first-order valence-electron chi connectivity index (χ1n) is 7.44. The van der Waals surface area contributed by atoms with Gasteiger partial charge in [-0.2, -0.15) is 0 Å². The van der Waals surface area contributed by atoms with Crippen molar-refractivity contribution in [3.8, 4) is 11.3 Å². The molecule has 2 aromatic rings. The Kier molecular flexibility index (Phi) is 3.80. The van der Waals surface area contributed by atoms with Crippen LogP contribution in [0.3, 0.4) is 0 Å². The third-order valence-electron chi connectivity index (χ3n) is 4.32. The summed E-state index contributed by atoms with van der Waals surface area (Å²) in [7, 11) is 1.95. The highest BCUT2D eigenvalue weighted by atomic mass is 16.2. The molecule has 0 aliphatic carbocycles. The van der Waals surface area contributed by atoms with Gasteiger partial charge in [0, 0.05) is 31.9 Å². The number of hydrogen-bond acceptors (Lipinski definition) is 2. The molecule has 2 N–H and O–H groups in total. The average Bonchev–Trinajstić information content (AvgIpc) is 3.13. The topological polar surface area (TPSA) is 51.3 Å². The summed E-state index contributed by atoms with van der Waals surface area (Å²) >= 11 is 0. The van der Waals surface area contributed by atoms with Crippen molar-refractivity contribution in [3.05, 3.63) is 48.2 Å². The SMILES string of the molecule is Cn1c(C(=O)N2CCC[C@H]2CN)ccc1-c1ccccc1. The van der Waals surface area contributed by atoms with Crippen LogP contribution in [0, 0.1) is 0 Å². The molecular weight excluding hydrogens is 262 g/mol. The number of rotatable bonds is 3. The number of nitrogens with zero attached hydrogens (tertiary/aromatic N) is 2. The molecule has 0 saturated carbocycles. The van der Waals surface area contributed by atoms with Gasteiger partial charge in [-0.1, -0.05) is 30.3 Å². The number of amides is 1. The summed E-state index contributed by atoms with van der Waals surface area (Å²) in [5, 5.41) is 0. The molecule has 1 aliphatic rings. The Bertz CT molecular complexity index is 633. The molecule has 1 atom stereocenters. The summed E-state index contributed by atoms with van der Waals surface area (Å²) in [6, 6.07) is 14.2. The molecule has 0 unspecified atom stereocenters. The van der Waals surface area contributed by atoms with E-state index in [1.54, 1.807) is 0 Å². The molecule has 1 aromatic heterocycles. The normalized spacial score (nSPS) is 18.2. The molecule has 21 heavy (non-hydrogen) atoms. The Morgan fingerprint density at radius 3 is 2.71 bits per heavy atom. The fraction of sp³-hybridized carbons (Fsp3) is 0.353. The van der Waals surface area contributed by atoms with Crippen LogP contribution < -0.4 is 5.73 Å². The van der Waals surface area contributed by atoms with Crippen molar-refractivity contribution in [2.45, 2.75) is 18.9 Å². The van der Waals surface area contributed by atoms with E-state index in [0.717, 1.165) is 36.3 Å². The molecule has 4 heteroatoms. The minimum atomic E-state index is 0.0904. The van der Waals surface area contributed by atoms with Crippen LogP contribution in [0.25, 0.3) is 11.3 Å². The molecule has 1 saturated heterocycles. The lowest BCUT2D eigenvalue weighted by molar-refractivity contribution is 0.0731. The summed E-state index contributed by atoms with van der Waals surface area (Å²) in [6.45, 7) is 1.36. The second-order valence-electron chi connectivity index (χ2n) is 5.56. The quantitative estimate of drug-likeness (QED) is 0.939. The molecule has 110 valence electrons. The first-order chi connectivity index (χ1) is 10.2. The minimum absolute atomic E-state index is 0.0904. The Balaban J connectivity index is 1.90. The van der Waals surface area contributed by atoms with Crippen LogP contribution in [0.15, 0.2) is 42.5 Å². The monoisotopic (exact) mass is 283 g/mol. The molecule has 1 aromatic carbocycles. The first kappa shape index (κ1) is 13.9. The van der Waals surface area contributed by atoms with Gasteiger partial charge in [-0.3, -0.25) is 4.79 Å². The predicted molar refractivity (Wildman–Crippen MR) is 84.0 cm³/mol. The third kappa shape index (κ3) is 2.47. The highest BCUT2D eigenvalue weighted by Crippen LogP contribution is 2.24. The Labute approximate surface area is 125 Å². The summed E-state index contributed by atoms with van der Waals surface area (Å²) in [5.74, 6) is 0.0904. The Hall–Kier alpha value is -2.07. The summed E-state index contributed by atoms with van der Waals surface area (Å²) < 4.78 is 1.98. The zero-order valence-electron chi connectivity index (χ0n) is 12.3. The van der Waals surface area contributed by atoms with Crippen molar-refractivity contribution in [2.24, 2.45) is 12.8 Å². The summed E-state index contributed by atoms with van der Waals surface area (Å²) in [4.78, 5) is 14.7. The largest absolute Gasteiger partial charge is 0.340 e. The van der Waals surface area contributed by atoms with Crippen molar-refractivity contribution in [2.75, 3.05) is 13.1 Å². The Morgan fingerprint density at radius 1 is 1.24 bits per heavy atom. The molecule has 1 amide bonds. The van der Waals surface area contributed by atoms with Gasteiger partial charge >= 0.3 is 0 Å². The molecule has 0 bridgehead atoms. The number of benzene rings is 1. The van der Waals surface area contributed by atoms with E-state index < -0.39 is 0 Å². The van der Waals surface area contributed by atoms with Gasteiger partial charge in [0.15, 0.2) is 0 Å². The molecule has 3 rings (SSSR count). The van der Waals surface area contributed by atoms with Crippen molar-refractivity contribution >= 4 is 5.91 Å². The molecule has 2 heterocycles. The predicted octanol–water partition coefficient (Wildman–Crippen LogP) is 2.26. The maximum atomic E-state index is 12.7. The first-order valence-corrected chi connectivity index (χ1v) is 7.44. The second-order valence-corrected chi connectivity index (χ2v) is 5.56. The van der Waals surface area contributed by atoms with E-state index in [2.05, 4.69) is 12.1 Å². The third-order valence-corrected chi connectivity index (χ3v) is 4.32. The highest BCUT2D eigenvalue weighted by molar-refractivity contribution is 5.94. The van der Waals surface area contributed by atoms with Crippen LogP contribution >= 0.6 is 0 Å². The molecule has 1 aliphatic heterocycles. The standard InChI is InChI=1S/C17H21N3O/c1-19-15(13-6-3-2-4-7-13)9-10-16(19)17(21)20-11-5-8-14(20)12-18/h2-4,6-7,9-10,14H,5,8,11-12,18H2,1H3/t14-/m0/s1. The maximum absolute atomic E-state index is 12.7. The molecule has 1 fully saturated rings. The van der Waals surface area contributed by atoms with Crippen molar-refractivity contribution in [1.82, 2.24) is 9.47 Å². The highest BCUT2D eigenvalue weighted by Gasteiger charge is 2.29. The second kappa shape index (κ2) is 5.74. The van der Waals surface area contributed by atoms with Crippen LogP contribution in [0.4, 0.5) is 0 Å². The van der Waals surface area contributed by atoms with Crippen molar-refractivity contribution in [1.29, 1.82) is 0 Å². The van der Waals surface area contributed by atoms with E-state index in [1.165, 1.54) is 0 Å². The minimum Gasteiger partial charge on any atom is -0.340 e. The Morgan fingerprint density at radius 2 is 2.00 bits per heavy atom. The number of hydrogen-bond donors (Lipinski definition) is 1. The lowest BCUT2D eigenvalue weighted by atomic mass is 10.2. The molecule has 0 spiro atoms. The zero-order chi connectivity index (χ0) is 14.8. The van der Waals surface area contributed by atoms with Crippen molar-refractivity contribution in [3.63, 3.8) is 0 Å². The van der Waals surface area contributed by atoms with E-state index in [1.807, 2.05) is 46.8 Å². The van der Waals surface area contributed by atoms with Gasteiger partial charge in [0.2, 0.25) is 0 Å². The zero-order valence-corrected chi connectivity index (χ0v) is 12.3. The molecule has 4 nitrogen and oxygen atoms in total. The van der Waals surface area contributed by atoms with E-state index in [0.29, 0.717) is 6.54 Å². The van der Waals surface area contributed by atoms with Crippen LogP contribution in [0.5, 0.6) is 0 Å². The smallest absolute Gasteiger partial charge is 0.270 e. The lowest BCUT2D eigenvalue weighted by Gasteiger charge is -2.23.